The van der Waals surface area contributed by atoms with E-state index in [4.69, 9.17) is 16.6 Å². The number of aliphatic hydroxyl groups is 1. The minimum absolute atomic E-state index is 0.0207. The molecule has 0 saturated carbocycles. The number of nitrogens with two attached hydrogens (primary N) is 2. The maximum Gasteiger partial charge on any atom is 0.326 e. The number of carbonyl (C=O) groups is 5. The molecule has 0 aromatic rings. The Morgan fingerprint density at radius 2 is 1.45 bits per heavy atom. The van der Waals surface area contributed by atoms with Gasteiger partial charge in [-0.1, -0.05) is 13.8 Å². The summed E-state index contributed by atoms with van der Waals surface area (Å²) < 4.78 is 0. The van der Waals surface area contributed by atoms with Crippen molar-refractivity contribution in [2.45, 2.75) is 64.2 Å². The van der Waals surface area contributed by atoms with Crippen LogP contribution in [0.15, 0.2) is 0 Å². The molecule has 0 aromatic carbocycles. The molecule has 0 bridgehead atoms. The van der Waals surface area contributed by atoms with E-state index in [1.54, 1.807) is 13.8 Å². The van der Waals surface area contributed by atoms with Crippen LogP contribution in [0, 0.1) is 5.92 Å². The molecule has 12 heteroatoms. The van der Waals surface area contributed by atoms with Crippen LogP contribution in [-0.2, 0) is 24.0 Å². The number of aliphatic hydroxyl groups excluding tert-OH is 1. The zero-order chi connectivity index (χ0) is 22.7. The standard InChI is InChI=1S/C17H31N5O7/c1-8(2)6-12(16(27)21-11(17(28)29)4-5-13(19)24)22-14(25)9(3)20-15(26)10(18)7-23/h8-12,23H,4-7,18H2,1-3H3,(H2,19,24)(H,20,26)(H,21,27)(H,22,25)(H,28,29). The molecule has 0 aliphatic carbocycles. The van der Waals surface area contributed by atoms with Gasteiger partial charge in [-0.25, -0.2) is 4.79 Å². The van der Waals surface area contributed by atoms with Gasteiger partial charge in [-0.15, -0.1) is 0 Å². The lowest BCUT2D eigenvalue weighted by molar-refractivity contribution is -0.142. The van der Waals surface area contributed by atoms with E-state index in [0.717, 1.165) is 0 Å². The number of nitrogens with one attached hydrogen (secondary N) is 3. The largest absolute Gasteiger partial charge is 0.480 e. The van der Waals surface area contributed by atoms with Crippen LogP contribution in [-0.4, -0.2) is 70.6 Å². The number of carboxylic acid groups (broad SMARTS) is 1. The van der Waals surface area contributed by atoms with E-state index in [-0.39, 0.29) is 25.2 Å². The lowest BCUT2D eigenvalue weighted by Gasteiger charge is -2.24. The van der Waals surface area contributed by atoms with Crippen molar-refractivity contribution in [2.75, 3.05) is 6.61 Å². The van der Waals surface area contributed by atoms with Gasteiger partial charge < -0.3 is 37.6 Å². The third-order valence-corrected chi connectivity index (χ3v) is 3.92. The Balaban J connectivity index is 5.11. The summed E-state index contributed by atoms with van der Waals surface area (Å²) >= 11 is 0. The highest BCUT2D eigenvalue weighted by Crippen LogP contribution is 2.07. The number of carboxylic acids is 1. The minimum Gasteiger partial charge on any atom is -0.480 e. The molecule has 4 atom stereocenters. The van der Waals surface area contributed by atoms with Crippen LogP contribution in [0.4, 0.5) is 0 Å². The van der Waals surface area contributed by atoms with Crippen LogP contribution in [0.5, 0.6) is 0 Å². The molecule has 12 nitrogen and oxygen atoms in total. The number of carbonyl (C=O) groups excluding carboxylic acids is 4. The van der Waals surface area contributed by atoms with Gasteiger partial charge >= 0.3 is 5.97 Å². The zero-order valence-electron chi connectivity index (χ0n) is 16.8. The Hall–Kier alpha value is -2.73. The van der Waals surface area contributed by atoms with Crippen molar-refractivity contribution >= 4 is 29.6 Å². The average molecular weight is 417 g/mol. The fraction of sp³-hybridized carbons (Fsp3) is 0.706. The third-order valence-electron chi connectivity index (χ3n) is 3.92. The smallest absolute Gasteiger partial charge is 0.326 e. The molecule has 0 fully saturated rings. The highest BCUT2D eigenvalue weighted by molar-refractivity contribution is 5.94. The minimum atomic E-state index is -1.35. The monoisotopic (exact) mass is 417 g/mol. The Morgan fingerprint density at radius 3 is 1.90 bits per heavy atom. The number of hydrogen-bond donors (Lipinski definition) is 7. The van der Waals surface area contributed by atoms with E-state index in [0.29, 0.717) is 0 Å². The Labute approximate surface area is 168 Å². The molecule has 9 N–H and O–H groups in total. The number of primary amides is 1. The van der Waals surface area contributed by atoms with Gasteiger partial charge in [-0.2, -0.15) is 0 Å². The van der Waals surface area contributed by atoms with E-state index in [1.807, 2.05) is 0 Å². The summed E-state index contributed by atoms with van der Waals surface area (Å²) in [4.78, 5) is 58.7. The normalized spacial score (nSPS) is 15.0. The molecule has 0 aliphatic rings. The first-order valence-corrected chi connectivity index (χ1v) is 9.17. The van der Waals surface area contributed by atoms with Crippen LogP contribution in [0.3, 0.4) is 0 Å². The van der Waals surface area contributed by atoms with Crippen molar-refractivity contribution in [3.63, 3.8) is 0 Å². The summed E-state index contributed by atoms with van der Waals surface area (Å²) in [6, 6.07) is -4.65. The van der Waals surface area contributed by atoms with E-state index in [9.17, 15) is 29.1 Å². The van der Waals surface area contributed by atoms with Gasteiger partial charge in [0.15, 0.2) is 0 Å². The number of hydrogen-bond acceptors (Lipinski definition) is 7. The molecule has 0 saturated heterocycles. The molecule has 166 valence electrons. The van der Waals surface area contributed by atoms with Crippen LogP contribution in [0.1, 0.15) is 40.0 Å². The molecule has 0 spiro atoms. The quantitative estimate of drug-likeness (QED) is 0.165. The predicted molar refractivity (Wildman–Crippen MR) is 102 cm³/mol. The molecule has 0 radical (unpaired) electrons. The summed E-state index contributed by atoms with van der Waals surface area (Å²) in [5, 5.41) is 25.1. The van der Waals surface area contributed by atoms with Gasteiger partial charge in [0.1, 0.15) is 24.2 Å². The van der Waals surface area contributed by atoms with Gasteiger partial charge in [-0.3, -0.25) is 19.2 Å². The first kappa shape index (κ1) is 26.3. The maximum atomic E-state index is 12.5. The van der Waals surface area contributed by atoms with Crippen LogP contribution in [0.25, 0.3) is 0 Å². The molecular weight excluding hydrogens is 386 g/mol. The van der Waals surface area contributed by atoms with Crippen molar-refractivity contribution in [2.24, 2.45) is 17.4 Å². The van der Waals surface area contributed by atoms with E-state index in [1.165, 1.54) is 6.92 Å². The molecule has 4 amide bonds. The van der Waals surface area contributed by atoms with E-state index in [2.05, 4.69) is 16.0 Å². The third kappa shape index (κ3) is 10.4. The van der Waals surface area contributed by atoms with Crippen LogP contribution in [0.2, 0.25) is 0 Å². The summed E-state index contributed by atoms with van der Waals surface area (Å²) in [5.74, 6) is -4.23. The van der Waals surface area contributed by atoms with Crippen LogP contribution < -0.4 is 27.4 Å². The number of rotatable bonds is 13. The van der Waals surface area contributed by atoms with Gasteiger partial charge in [0.25, 0.3) is 0 Å². The Morgan fingerprint density at radius 1 is 0.897 bits per heavy atom. The second-order valence-corrected chi connectivity index (χ2v) is 7.11. The zero-order valence-corrected chi connectivity index (χ0v) is 16.8. The predicted octanol–water partition coefficient (Wildman–Crippen LogP) is -2.82. The molecule has 0 aliphatic heterocycles. The lowest BCUT2D eigenvalue weighted by Crippen LogP contribution is -2.56. The molecule has 0 aromatic heterocycles. The average Bonchev–Trinajstić information content (AvgIpc) is 2.62. The Kier molecular flexibility index (Phi) is 11.5. The highest BCUT2D eigenvalue weighted by Gasteiger charge is 2.29. The second-order valence-electron chi connectivity index (χ2n) is 7.11. The van der Waals surface area contributed by atoms with E-state index < -0.39 is 60.4 Å². The number of aliphatic carboxylic acids is 1. The van der Waals surface area contributed by atoms with Crippen molar-refractivity contribution in [1.82, 2.24) is 16.0 Å². The first-order chi connectivity index (χ1) is 13.4. The molecule has 29 heavy (non-hydrogen) atoms. The van der Waals surface area contributed by atoms with Gasteiger partial charge in [-0.05, 0) is 25.7 Å². The highest BCUT2D eigenvalue weighted by atomic mass is 16.4. The fourth-order valence-corrected chi connectivity index (χ4v) is 2.28. The molecule has 0 rings (SSSR count). The summed E-state index contributed by atoms with van der Waals surface area (Å²) in [6.45, 7) is 4.38. The summed E-state index contributed by atoms with van der Waals surface area (Å²) in [5.41, 5.74) is 10.4. The molecule has 0 heterocycles. The maximum absolute atomic E-state index is 12.5. The lowest BCUT2D eigenvalue weighted by atomic mass is 10.0. The van der Waals surface area contributed by atoms with Gasteiger partial charge in [0.05, 0.1) is 6.61 Å². The topological polar surface area (TPSA) is 214 Å². The molecule has 4 unspecified atom stereocenters. The summed E-state index contributed by atoms with van der Waals surface area (Å²) in [6.07, 6.45) is -0.215. The summed E-state index contributed by atoms with van der Waals surface area (Å²) in [7, 11) is 0. The van der Waals surface area contributed by atoms with Crippen molar-refractivity contribution in [3.05, 3.63) is 0 Å². The van der Waals surface area contributed by atoms with Gasteiger partial charge in [0, 0.05) is 6.42 Å². The van der Waals surface area contributed by atoms with Crippen molar-refractivity contribution in [3.8, 4) is 0 Å². The van der Waals surface area contributed by atoms with Crippen LogP contribution >= 0.6 is 0 Å². The fourth-order valence-electron chi connectivity index (χ4n) is 2.28. The van der Waals surface area contributed by atoms with Crippen molar-refractivity contribution in [1.29, 1.82) is 0 Å². The van der Waals surface area contributed by atoms with E-state index >= 15 is 0 Å². The van der Waals surface area contributed by atoms with Gasteiger partial charge in [0.2, 0.25) is 23.6 Å². The Bertz CT molecular complexity index is 611. The van der Waals surface area contributed by atoms with Crippen molar-refractivity contribution < 1.29 is 34.2 Å². The first-order valence-electron chi connectivity index (χ1n) is 9.17. The molecular formula is C17H31N5O7. The SMILES string of the molecule is CC(C)CC(NC(=O)C(C)NC(=O)C(N)CO)C(=O)NC(CCC(N)=O)C(=O)O. The number of amides is 4. The second kappa shape index (κ2) is 12.7.